The van der Waals surface area contributed by atoms with Crippen molar-refractivity contribution in [1.82, 2.24) is 0 Å². The van der Waals surface area contributed by atoms with E-state index < -0.39 is 5.82 Å². The molecule has 1 rings (SSSR count). The molecule has 0 unspecified atom stereocenters. The first-order valence-electron chi connectivity index (χ1n) is 5.28. The lowest BCUT2D eigenvalue weighted by atomic mass is 10.3. The molecule has 2 heteroatoms. The van der Waals surface area contributed by atoms with Gasteiger partial charge in [-0.15, -0.1) is 0 Å². The van der Waals surface area contributed by atoms with Crippen molar-refractivity contribution in [1.29, 1.82) is 0 Å². The fourth-order valence-corrected chi connectivity index (χ4v) is 1.15. The molecule has 0 aromatic heterocycles. The highest BCUT2D eigenvalue weighted by molar-refractivity contribution is 5.22. The van der Waals surface area contributed by atoms with Crippen molar-refractivity contribution in [2.75, 3.05) is 6.61 Å². The van der Waals surface area contributed by atoms with Gasteiger partial charge in [-0.05, 0) is 18.9 Å². The number of halogens is 1. The molecular formula is C13H16FO. The minimum atomic E-state index is -0.421. The van der Waals surface area contributed by atoms with E-state index in [-0.39, 0.29) is 5.75 Å². The highest BCUT2D eigenvalue weighted by atomic mass is 19.1. The van der Waals surface area contributed by atoms with Crippen LogP contribution in [0.15, 0.2) is 30.4 Å². The van der Waals surface area contributed by atoms with Gasteiger partial charge in [0.2, 0.25) is 0 Å². The summed E-state index contributed by atoms with van der Waals surface area (Å²) in [4.78, 5) is 0. The SMILES string of the molecule is CCCC=CCCOc1ccc[c]c1F. The largest absolute Gasteiger partial charge is 0.490 e. The van der Waals surface area contributed by atoms with Gasteiger partial charge in [0.15, 0.2) is 11.6 Å². The van der Waals surface area contributed by atoms with Crippen LogP contribution in [0.5, 0.6) is 5.75 Å². The molecule has 0 amide bonds. The summed E-state index contributed by atoms with van der Waals surface area (Å²) in [6, 6.07) is 7.31. The molecule has 0 heterocycles. The van der Waals surface area contributed by atoms with E-state index in [0.717, 1.165) is 19.3 Å². The van der Waals surface area contributed by atoms with Crippen LogP contribution < -0.4 is 4.74 Å². The Morgan fingerprint density at radius 2 is 2.20 bits per heavy atom. The second kappa shape index (κ2) is 7.04. The lowest BCUT2D eigenvalue weighted by Crippen LogP contribution is -1.97. The van der Waals surface area contributed by atoms with E-state index in [9.17, 15) is 4.39 Å². The number of rotatable bonds is 6. The van der Waals surface area contributed by atoms with Gasteiger partial charge in [-0.25, -0.2) is 4.39 Å². The minimum absolute atomic E-state index is 0.279. The standard InChI is InChI=1S/C13H16FO/c1-2-3-4-5-8-11-15-13-10-7-6-9-12(13)14/h4-7,10H,2-3,8,11H2,1H3. The van der Waals surface area contributed by atoms with Crippen molar-refractivity contribution < 1.29 is 9.13 Å². The van der Waals surface area contributed by atoms with E-state index in [1.165, 1.54) is 6.07 Å². The van der Waals surface area contributed by atoms with Gasteiger partial charge >= 0.3 is 0 Å². The highest BCUT2D eigenvalue weighted by Gasteiger charge is 1.99. The third-order valence-corrected chi connectivity index (χ3v) is 1.93. The molecule has 1 aromatic rings. The van der Waals surface area contributed by atoms with Gasteiger partial charge in [-0.3, -0.25) is 0 Å². The predicted molar refractivity (Wildman–Crippen MR) is 59.4 cm³/mol. The summed E-state index contributed by atoms with van der Waals surface area (Å²) in [5.74, 6) is -0.142. The normalized spacial score (nSPS) is 10.8. The Balaban J connectivity index is 2.23. The van der Waals surface area contributed by atoms with Gasteiger partial charge in [-0.1, -0.05) is 37.6 Å². The summed E-state index contributed by atoms with van der Waals surface area (Å²) in [5.41, 5.74) is 0. The summed E-state index contributed by atoms with van der Waals surface area (Å²) in [7, 11) is 0. The van der Waals surface area contributed by atoms with Crippen LogP contribution in [-0.4, -0.2) is 6.61 Å². The number of allylic oxidation sites excluding steroid dienone is 1. The molecule has 0 aliphatic heterocycles. The van der Waals surface area contributed by atoms with Crippen molar-refractivity contribution in [3.8, 4) is 5.75 Å². The van der Waals surface area contributed by atoms with Crippen LogP contribution in [0.3, 0.4) is 0 Å². The topological polar surface area (TPSA) is 9.23 Å². The van der Waals surface area contributed by atoms with Crippen LogP contribution in [0, 0.1) is 11.9 Å². The molecule has 1 aromatic carbocycles. The number of hydrogen-bond donors (Lipinski definition) is 0. The van der Waals surface area contributed by atoms with Gasteiger partial charge in [-0.2, -0.15) is 0 Å². The van der Waals surface area contributed by atoms with Crippen molar-refractivity contribution in [2.24, 2.45) is 0 Å². The molecule has 0 bridgehead atoms. The van der Waals surface area contributed by atoms with Crippen molar-refractivity contribution in [3.05, 3.63) is 42.2 Å². The molecule has 0 spiro atoms. The predicted octanol–water partition coefficient (Wildman–Crippen LogP) is 3.75. The minimum Gasteiger partial charge on any atom is -0.490 e. The lowest BCUT2D eigenvalue weighted by molar-refractivity contribution is 0.307. The molecule has 1 radical (unpaired) electrons. The quantitative estimate of drug-likeness (QED) is 0.510. The molecule has 0 N–H and O–H groups in total. The summed E-state index contributed by atoms with van der Waals surface area (Å²) in [5, 5.41) is 0. The first-order valence-corrected chi connectivity index (χ1v) is 5.28. The fraction of sp³-hybridized carbons (Fsp3) is 0.385. The molecule has 81 valence electrons. The first-order chi connectivity index (χ1) is 7.34. The Kier molecular flexibility index (Phi) is 5.52. The Morgan fingerprint density at radius 1 is 1.40 bits per heavy atom. The lowest BCUT2D eigenvalue weighted by Gasteiger charge is -2.04. The molecule has 1 nitrogen and oxygen atoms in total. The molecule has 0 aliphatic carbocycles. The summed E-state index contributed by atoms with van der Waals surface area (Å²) in [6.45, 7) is 2.64. The van der Waals surface area contributed by atoms with Crippen LogP contribution in [0.4, 0.5) is 4.39 Å². The maximum absolute atomic E-state index is 13.0. The number of ether oxygens (including phenoxy) is 1. The molecule has 15 heavy (non-hydrogen) atoms. The second-order valence-corrected chi connectivity index (χ2v) is 3.25. The van der Waals surface area contributed by atoms with E-state index in [2.05, 4.69) is 25.1 Å². The highest BCUT2D eigenvalue weighted by Crippen LogP contribution is 2.14. The maximum atomic E-state index is 13.0. The van der Waals surface area contributed by atoms with Crippen LogP contribution in [0.25, 0.3) is 0 Å². The van der Waals surface area contributed by atoms with Crippen LogP contribution in [0.2, 0.25) is 0 Å². The molecule has 0 saturated carbocycles. The number of benzene rings is 1. The van der Waals surface area contributed by atoms with Crippen LogP contribution >= 0.6 is 0 Å². The van der Waals surface area contributed by atoms with Crippen molar-refractivity contribution >= 4 is 0 Å². The van der Waals surface area contributed by atoms with E-state index in [1.54, 1.807) is 12.1 Å². The average molecular weight is 207 g/mol. The Morgan fingerprint density at radius 3 is 2.93 bits per heavy atom. The summed E-state index contributed by atoms with van der Waals surface area (Å²) >= 11 is 0. The maximum Gasteiger partial charge on any atom is 0.172 e. The van der Waals surface area contributed by atoms with Crippen molar-refractivity contribution in [3.63, 3.8) is 0 Å². The second-order valence-electron chi connectivity index (χ2n) is 3.25. The monoisotopic (exact) mass is 207 g/mol. The zero-order valence-electron chi connectivity index (χ0n) is 9.00. The Hall–Kier alpha value is -1.31. The zero-order valence-corrected chi connectivity index (χ0v) is 9.00. The first kappa shape index (κ1) is 11.8. The molecule has 0 saturated heterocycles. The van der Waals surface area contributed by atoms with Gasteiger partial charge in [0.1, 0.15) is 0 Å². The van der Waals surface area contributed by atoms with Gasteiger partial charge in [0, 0.05) is 6.07 Å². The molecule has 0 fully saturated rings. The van der Waals surface area contributed by atoms with E-state index in [1.807, 2.05) is 0 Å². The molecule has 0 atom stereocenters. The molecule has 0 aliphatic rings. The third-order valence-electron chi connectivity index (χ3n) is 1.93. The number of unbranched alkanes of at least 4 members (excludes halogenated alkanes) is 1. The average Bonchev–Trinajstić information content (AvgIpc) is 2.25. The number of hydrogen-bond acceptors (Lipinski definition) is 1. The van der Waals surface area contributed by atoms with E-state index in [0.29, 0.717) is 6.61 Å². The van der Waals surface area contributed by atoms with E-state index >= 15 is 0 Å². The van der Waals surface area contributed by atoms with Gasteiger partial charge in [0.05, 0.1) is 6.61 Å². The van der Waals surface area contributed by atoms with Crippen LogP contribution in [0.1, 0.15) is 26.2 Å². The van der Waals surface area contributed by atoms with Gasteiger partial charge < -0.3 is 4.74 Å². The Bertz CT molecular complexity index is 307. The third kappa shape index (κ3) is 4.63. The summed E-state index contributed by atoms with van der Waals surface area (Å²) < 4.78 is 18.3. The molecular weight excluding hydrogens is 191 g/mol. The fourth-order valence-electron chi connectivity index (χ4n) is 1.15. The van der Waals surface area contributed by atoms with Gasteiger partial charge in [0.25, 0.3) is 0 Å². The Labute approximate surface area is 90.6 Å². The van der Waals surface area contributed by atoms with E-state index in [4.69, 9.17) is 4.74 Å². The van der Waals surface area contributed by atoms with Crippen LogP contribution in [-0.2, 0) is 0 Å². The zero-order chi connectivity index (χ0) is 10.9. The summed E-state index contributed by atoms with van der Waals surface area (Å²) in [6.07, 6.45) is 7.24. The van der Waals surface area contributed by atoms with Crippen molar-refractivity contribution in [2.45, 2.75) is 26.2 Å². The smallest absolute Gasteiger partial charge is 0.172 e.